The van der Waals surface area contributed by atoms with Crippen LogP contribution in [0.1, 0.15) is 31.7 Å². The maximum atomic E-state index is 12.0. The lowest BCUT2D eigenvalue weighted by molar-refractivity contribution is 0.117. The van der Waals surface area contributed by atoms with E-state index in [4.69, 9.17) is 14.2 Å². The monoisotopic (exact) mass is 364 g/mol. The van der Waals surface area contributed by atoms with Gasteiger partial charge in [-0.05, 0) is 47.0 Å². The Morgan fingerprint density at radius 1 is 0.815 bits per heavy atom. The van der Waals surface area contributed by atoms with E-state index < -0.39 is 6.16 Å². The lowest BCUT2D eigenvalue weighted by Crippen LogP contribution is -2.13. The third-order valence-corrected chi connectivity index (χ3v) is 4.21. The molecule has 0 amide bonds. The summed E-state index contributed by atoms with van der Waals surface area (Å²) in [4.78, 5) is 12.0. The Morgan fingerprint density at radius 2 is 1.52 bits per heavy atom. The largest absolute Gasteiger partial charge is 0.519 e. The standard InChI is InChI=1S/C23H24O4/c1-2-3-6-15-25-17-18-9-12-21(13-10-18)26-23(24)27-22-14-11-19-7-4-5-8-20(19)16-22/h4-5,7-14,16H,2-3,6,15,17H2,1H3. The zero-order valence-corrected chi connectivity index (χ0v) is 15.5. The highest BCUT2D eigenvalue weighted by atomic mass is 16.7. The van der Waals surface area contributed by atoms with Gasteiger partial charge in [0.1, 0.15) is 11.5 Å². The molecule has 0 aliphatic carbocycles. The number of benzene rings is 3. The van der Waals surface area contributed by atoms with Crippen molar-refractivity contribution in [1.82, 2.24) is 0 Å². The zero-order chi connectivity index (χ0) is 18.9. The van der Waals surface area contributed by atoms with Crippen LogP contribution >= 0.6 is 0 Å². The normalized spacial score (nSPS) is 10.7. The Hall–Kier alpha value is -2.85. The predicted octanol–water partition coefficient (Wildman–Crippen LogP) is 6.12. The number of rotatable bonds is 8. The summed E-state index contributed by atoms with van der Waals surface area (Å²) in [6.07, 6.45) is 2.70. The van der Waals surface area contributed by atoms with Gasteiger partial charge in [-0.15, -0.1) is 0 Å². The maximum absolute atomic E-state index is 12.0. The third-order valence-electron chi connectivity index (χ3n) is 4.21. The predicted molar refractivity (Wildman–Crippen MR) is 106 cm³/mol. The highest BCUT2D eigenvalue weighted by molar-refractivity contribution is 5.84. The number of hydrogen-bond donors (Lipinski definition) is 0. The van der Waals surface area contributed by atoms with E-state index in [2.05, 4.69) is 6.92 Å². The maximum Gasteiger partial charge on any atom is 0.519 e. The molecular formula is C23H24O4. The molecule has 0 saturated heterocycles. The second-order valence-corrected chi connectivity index (χ2v) is 6.37. The smallest absolute Gasteiger partial charge is 0.395 e. The van der Waals surface area contributed by atoms with Crippen LogP contribution in [-0.4, -0.2) is 12.8 Å². The Kier molecular flexibility index (Phi) is 6.83. The van der Waals surface area contributed by atoms with Crippen molar-refractivity contribution in [2.75, 3.05) is 6.61 Å². The van der Waals surface area contributed by atoms with Crippen molar-refractivity contribution >= 4 is 16.9 Å². The molecule has 3 rings (SSSR count). The van der Waals surface area contributed by atoms with Gasteiger partial charge in [-0.3, -0.25) is 0 Å². The first-order valence-corrected chi connectivity index (χ1v) is 9.30. The molecule has 0 spiro atoms. The molecule has 0 atom stereocenters. The van der Waals surface area contributed by atoms with Crippen LogP contribution in [0, 0.1) is 0 Å². The summed E-state index contributed by atoms with van der Waals surface area (Å²) in [5.74, 6) is 0.895. The lowest BCUT2D eigenvalue weighted by Gasteiger charge is -2.08. The van der Waals surface area contributed by atoms with Gasteiger partial charge >= 0.3 is 6.16 Å². The molecule has 140 valence electrons. The van der Waals surface area contributed by atoms with E-state index in [0.717, 1.165) is 29.4 Å². The van der Waals surface area contributed by atoms with Crippen molar-refractivity contribution in [2.45, 2.75) is 32.8 Å². The first kappa shape index (κ1) is 18.9. The van der Waals surface area contributed by atoms with Crippen molar-refractivity contribution in [3.63, 3.8) is 0 Å². The van der Waals surface area contributed by atoms with Crippen molar-refractivity contribution in [3.8, 4) is 11.5 Å². The average molecular weight is 364 g/mol. The Bertz CT molecular complexity index is 871. The number of carbonyl (C=O) groups is 1. The minimum absolute atomic E-state index is 0.440. The SMILES string of the molecule is CCCCCOCc1ccc(OC(=O)Oc2ccc3ccccc3c2)cc1. The van der Waals surface area contributed by atoms with Gasteiger partial charge in [-0.1, -0.05) is 62.2 Å². The van der Waals surface area contributed by atoms with Crippen LogP contribution in [0.15, 0.2) is 66.7 Å². The number of ether oxygens (including phenoxy) is 3. The molecule has 0 fully saturated rings. The van der Waals surface area contributed by atoms with Gasteiger partial charge in [0, 0.05) is 6.61 Å². The molecule has 0 radical (unpaired) electrons. The van der Waals surface area contributed by atoms with E-state index in [1.165, 1.54) is 12.8 Å². The third kappa shape index (κ3) is 5.83. The molecule has 0 bridgehead atoms. The summed E-state index contributed by atoms with van der Waals surface area (Å²) in [7, 11) is 0. The van der Waals surface area contributed by atoms with E-state index in [9.17, 15) is 4.79 Å². The van der Waals surface area contributed by atoms with Crippen LogP contribution in [0.4, 0.5) is 4.79 Å². The van der Waals surface area contributed by atoms with Crippen LogP contribution < -0.4 is 9.47 Å². The van der Waals surface area contributed by atoms with Gasteiger partial charge in [-0.25, -0.2) is 4.79 Å². The number of hydrogen-bond acceptors (Lipinski definition) is 4. The minimum atomic E-state index is -0.756. The zero-order valence-electron chi connectivity index (χ0n) is 15.5. The van der Waals surface area contributed by atoms with Crippen molar-refractivity contribution in [1.29, 1.82) is 0 Å². The van der Waals surface area contributed by atoms with Crippen LogP contribution in [0.3, 0.4) is 0 Å². The van der Waals surface area contributed by atoms with Gasteiger partial charge in [0.15, 0.2) is 0 Å². The van der Waals surface area contributed by atoms with Crippen LogP contribution in [0.25, 0.3) is 10.8 Å². The average Bonchev–Trinajstić information content (AvgIpc) is 2.69. The highest BCUT2D eigenvalue weighted by Gasteiger charge is 2.08. The second-order valence-electron chi connectivity index (χ2n) is 6.37. The van der Waals surface area contributed by atoms with E-state index in [0.29, 0.717) is 18.1 Å². The second kappa shape index (κ2) is 9.74. The number of unbranched alkanes of at least 4 members (excludes halogenated alkanes) is 2. The molecule has 4 heteroatoms. The van der Waals surface area contributed by atoms with E-state index in [1.807, 2.05) is 48.5 Å². The minimum Gasteiger partial charge on any atom is -0.395 e. The summed E-state index contributed by atoms with van der Waals surface area (Å²) in [5.41, 5.74) is 1.04. The number of carbonyl (C=O) groups excluding carboxylic acids is 1. The molecule has 0 aliphatic rings. The fourth-order valence-electron chi connectivity index (χ4n) is 2.74. The molecule has 3 aromatic carbocycles. The quantitative estimate of drug-likeness (QED) is 0.274. The van der Waals surface area contributed by atoms with Crippen LogP contribution in [0.2, 0.25) is 0 Å². The molecular weight excluding hydrogens is 340 g/mol. The molecule has 0 aliphatic heterocycles. The van der Waals surface area contributed by atoms with E-state index in [1.54, 1.807) is 18.2 Å². The highest BCUT2D eigenvalue weighted by Crippen LogP contribution is 2.21. The van der Waals surface area contributed by atoms with Crippen LogP contribution in [0.5, 0.6) is 11.5 Å². The Balaban J connectivity index is 1.49. The topological polar surface area (TPSA) is 44.8 Å². The Morgan fingerprint density at radius 3 is 2.30 bits per heavy atom. The van der Waals surface area contributed by atoms with Gasteiger partial charge < -0.3 is 14.2 Å². The molecule has 0 unspecified atom stereocenters. The molecule has 3 aromatic rings. The fraction of sp³-hybridized carbons (Fsp3) is 0.261. The van der Waals surface area contributed by atoms with Gasteiger partial charge in [0.2, 0.25) is 0 Å². The summed E-state index contributed by atoms with van der Waals surface area (Å²) in [6, 6.07) is 20.6. The molecule has 0 heterocycles. The lowest BCUT2D eigenvalue weighted by atomic mass is 10.1. The molecule has 4 nitrogen and oxygen atoms in total. The van der Waals surface area contributed by atoms with Gasteiger partial charge in [0.05, 0.1) is 6.61 Å². The molecule has 0 aromatic heterocycles. The van der Waals surface area contributed by atoms with E-state index in [-0.39, 0.29) is 0 Å². The summed E-state index contributed by atoms with van der Waals surface area (Å²) in [5, 5.41) is 2.09. The fourth-order valence-corrected chi connectivity index (χ4v) is 2.74. The summed E-state index contributed by atoms with van der Waals surface area (Å²) in [6.45, 7) is 3.50. The molecule has 0 saturated carbocycles. The van der Waals surface area contributed by atoms with Crippen molar-refractivity contribution in [3.05, 3.63) is 72.3 Å². The first-order chi connectivity index (χ1) is 13.2. The van der Waals surface area contributed by atoms with E-state index >= 15 is 0 Å². The van der Waals surface area contributed by atoms with Crippen molar-refractivity contribution in [2.24, 2.45) is 0 Å². The summed E-state index contributed by atoms with van der Waals surface area (Å²) >= 11 is 0. The van der Waals surface area contributed by atoms with Gasteiger partial charge in [-0.2, -0.15) is 0 Å². The first-order valence-electron chi connectivity index (χ1n) is 9.30. The van der Waals surface area contributed by atoms with Gasteiger partial charge in [0.25, 0.3) is 0 Å². The molecule has 27 heavy (non-hydrogen) atoms. The van der Waals surface area contributed by atoms with Crippen LogP contribution in [-0.2, 0) is 11.3 Å². The Labute approximate surface area is 159 Å². The molecule has 0 N–H and O–H groups in total. The number of fused-ring (bicyclic) bond motifs is 1. The summed E-state index contributed by atoms with van der Waals surface area (Å²) < 4.78 is 16.1. The van der Waals surface area contributed by atoms with Crippen molar-refractivity contribution < 1.29 is 19.0 Å².